The van der Waals surface area contributed by atoms with Crippen molar-refractivity contribution in [1.82, 2.24) is 5.32 Å². The van der Waals surface area contributed by atoms with Gasteiger partial charge >= 0.3 is 0 Å². The number of amides is 1. The fourth-order valence-corrected chi connectivity index (χ4v) is 1.45. The Balaban J connectivity index is 2.87. The molecule has 0 saturated carbocycles. The summed E-state index contributed by atoms with van der Waals surface area (Å²) in [5.74, 6) is -0.131. The van der Waals surface area contributed by atoms with E-state index in [0.29, 0.717) is 17.7 Å². The van der Waals surface area contributed by atoms with Crippen molar-refractivity contribution in [2.45, 2.75) is 13.8 Å². The minimum Gasteiger partial charge on any atom is -0.353 e. The van der Waals surface area contributed by atoms with Crippen LogP contribution in [0.25, 0.3) is 6.08 Å². The van der Waals surface area contributed by atoms with Crippen molar-refractivity contribution in [2.75, 3.05) is 6.54 Å². The number of hydrogen-bond donors (Lipinski definition) is 1. The molecule has 0 aliphatic rings. The smallest absolute Gasteiger partial charge is 0.279 e. The molecule has 1 N–H and O–H groups in total. The van der Waals surface area contributed by atoms with Crippen LogP contribution in [0.1, 0.15) is 18.1 Å². The molecule has 0 radical (unpaired) electrons. The molecule has 0 atom stereocenters. The first-order valence-corrected chi connectivity index (χ1v) is 5.17. The molecule has 0 heterocycles. The van der Waals surface area contributed by atoms with Gasteiger partial charge in [0.15, 0.2) is 0 Å². The monoisotopic (exact) mass is 234 g/mol. The number of nitro benzene ring substituents is 1. The van der Waals surface area contributed by atoms with Gasteiger partial charge in [-0.1, -0.05) is 24.3 Å². The van der Waals surface area contributed by atoms with Gasteiger partial charge in [0.25, 0.3) is 5.69 Å². The Morgan fingerprint density at radius 1 is 1.53 bits per heavy atom. The molecule has 0 saturated heterocycles. The van der Waals surface area contributed by atoms with Gasteiger partial charge in [-0.2, -0.15) is 0 Å². The van der Waals surface area contributed by atoms with Gasteiger partial charge in [-0.05, 0) is 13.0 Å². The lowest BCUT2D eigenvalue weighted by Crippen LogP contribution is -2.19. The van der Waals surface area contributed by atoms with Crippen molar-refractivity contribution in [3.05, 3.63) is 45.5 Å². The van der Waals surface area contributed by atoms with Crippen molar-refractivity contribution < 1.29 is 9.72 Å². The van der Waals surface area contributed by atoms with E-state index in [9.17, 15) is 14.9 Å². The molecule has 5 heteroatoms. The van der Waals surface area contributed by atoms with E-state index in [1.165, 1.54) is 6.92 Å². The zero-order chi connectivity index (χ0) is 12.8. The van der Waals surface area contributed by atoms with Crippen LogP contribution in [0.4, 0.5) is 5.69 Å². The van der Waals surface area contributed by atoms with E-state index in [1.807, 2.05) is 0 Å². The van der Waals surface area contributed by atoms with Crippen LogP contribution in [0.15, 0.2) is 24.3 Å². The van der Waals surface area contributed by atoms with Crippen LogP contribution < -0.4 is 5.32 Å². The van der Waals surface area contributed by atoms with E-state index in [0.717, 1.165) is 0 Å². The third-order valence-corrected chi connectivity index (χ3v) is 2.22. The van der Waals surface area contributed by atoms with Crippen LogP contribution in [0, 0.1) is 17.0 Å². The second kappa shape index (κ2) is 5.79. The highest BCUT2D eigenvalue weighted by Crippen LogP contribution is 2.23. The number of nitro groups is 1. The second-order valence-electron chi connectivity index (χ2n) is 3.61. The fraction of sp³-hybridized carbons (Fsp3) is 0.250. The third kappa shape index (κ3) is 3.71. The minimum atomic E-state index is -0.395. The SMILES string of the molecule is CC(=O)NCC=Cc1cccc(C)c1[N+](=O)[O-]. The van der Waals surface area contributed by atoms with Crippen molar-refractivity contribution in [3.8, 4) is 0 Å². The van der Waals surface area contributed by atoms with Gasteiger partial charge in [0.05, 0.1) is 10.5 Å². The van der Waals surface area contributed by atoms with E-state index >= 15 is 0 Å². The number of aryl methyl sites for hydroxylation is 1. The molecule has 0 aromatic heterocycles. The predicted molar refractivity (Wildman–Crippen MR) is 65.6 cm³/mol. The molecule has 0 aliphatic carbocycles. The van der Waals surface area contributed by atoms with Gasteiger partial charge in [0.1, 0.15) is 0 Å². The van der Waals surface area contributed by atoms with Crippen LogP contribution in [0.2, 0.25) is 0 Å². The number of nitrogens with zero attached hydrogens (tertiary/aromatic N) is 1. The molecule has 1 amide bonds. The number of nitrogens with one attached hydrogen (secondary N) is 1. The van der Waals surface area contributed by atoms with E-state index in [2.05, 4.69) is 5.32 Å². The molecule has 90 valence electrons. The van der Waals surface area contributed by atoms with Crippen LogP contribution in [0.5, 0.6) is 0 Å². The standard InChI is InChI=1S/C12H14N2O3/c1-9-5-3-6-11(12(9)14(16)17)7-4-8-13-10(2)15/h3-7H,8H2,1-2H3,(H,13,15). The molecular formula is C12H14N2O3. The Morgan fingerprint density at radius 3 is 2.82 bits per heavy atom. The minimum absolute atomic E-state index is 0.103. The Kier molecular flexibility index (Phi) is 4.39. The van der Waals surface area contributed by atoms with Gasteiger partial charge in [-0.25, -0.2) is 0 Å². The highest BCUT2D eigenvalue weighted by Gasteiger charge is 2.13. The summed E-state index contributed by atoms with van der Waals surface area (Å²) < 4.78 is 0. The molecule has 0 aliphatic heterocycles. The predicted octanol–water partition coefficient (Wildman–Crippen LogP) is 2.05. The van der Waals surface area contributed by atoms with Gasteiger partial charge in [-0.15, -0.1) is 0 Å². The van der Waals surface area contributed by atoms with Crippen molar-refractivity contribution in [3.63, 3.8) is 0 Å². The maximum absolute atomic E-state index is 10.9. The first kappa shape index (κ1) is 12.9. The number of para-hydroxylation sites is 1. The molecule has 0 fully saturated rings. The third-order valence-electron chi connectivity index (χ3n) is 2.22. The highest BCUT2D eigenvalue weighted by molar-refractivity contribution is 5.73. The summed E-state index contributed by atoms with van der Waals surface area (Å²) in [6, 6.07) is 5.14. The quantitative estimate of drug-likeness (QED) is 0.640. The summed E-state index contributed by atoms with van der Waals surface area (Å²) in [7, 11) is 0. The van der Waals surface area contributed by atoms with Crippen molar-refractivity contribution in [1.29, 1.82) is 0 Å². The Morgan fingerprint density at radius 2 is 2.24 bits per heavy atom. The summed E-state index contributed by atoms with van der Waals surface area (Å²) in [5.41, 5.74) is 1.27. The summed E-state index contributed by atoms with van der Waals surface area (Å²) in [5, 5.41) is 13.5. The Hall–Kier alpha value is -2.17. The number of carbonyl (C=O) groups excluding carboxylic acids is 1. The van der Waals surface area contributed by atoms with Crippen LogP contribution in [0.3, 0.4) is 0 Å². The second-order valence-corrected chi connectivity index (χ2v) is 3.61. The number of hydrogen-bond acceptors (Lipinski definition) is 3. The van der Waals surface area contributed by atoms with Crippen LogP contribution in [-0.4, -0.2) is 17.4 Å². The van der Waals surface area contributed by atoms with Gasteiger partial charge < -0.3 is 5.32 Å². The molecular weight excluding hydrogens is 220 g/mol. The highest BCUT2D eigenvalue weighted by atomic mass is 16.6. The Bertz CT molecular complexity index is 467. The molecule has 5 nitrogen and oxygen atoms in total. The molecule has 0 unspecified atom stereocenters. The average Bonchev–Trinajstić information content (AvgIpc) is 2.23. The van der Waals surface area contributed by atoms with Gasteiger partial charge in [0.2, 0.25) is 5.91 Å². The first-order chi connectivity index (χ1) is 8.02. The van der Waals surface area contributed by atoms with Gasteiger partial charge in [-0.3, -0.25) is 14.9 Å². The zero-order valence-electron chi connectivity index (χ0n) is 9.77. The summed E-state index contributed by atoms with van der Waals surface area (Å²) >= 11 is 0. The van der Waals surface area contributed by atoms with E-state index < -0.39 is 4.92 Å². The molecule has 1 rings (SSSR count). The Labute approximate surface area is 99.3 Å². The summed E-state index contributed by atoms with van der Waals surface area (Å²) in [6.07, 6.45) is 3.32. The topological polar surface area (TPSA) is 72.2 Å². The number of benzene rings is 1. The van der Waals surface area contributed by atoms with Gasteiger partial charge in [0, 0.05) is 19.0 Å². The largest absolute Gasteiger partial charge is 0.353 e. The summed E-state index contributed by atoms with van der Waals surface area (Å²) in [4.78, 5) is 21.1. The van der Waals surface area contributed by atoms with Crippen molar-refractivity contribution >= 4 is 17.7 Å². The maximum atomic E-state index is 10.9. The summed E-state index contributed by atoms with van der Waals surface area (Å²) in [6.45, 7) is 3.48. The lowest BCUT2D eigenvalue weighted by atomic mass is 10.1. The van der Waals surface area contributed by atoms with E-state index in [1.54, 1.807) is 37.3 Å². The number of carbonyl (C=O) groups is 1. The normalized spacial score (nSPS) is 10.5. The molecule has 17 heavy (non-hydrogen) atoms. The number of rotatable bonds is 4. The zero-order valence-corrected chi connectivity index (χ0v) is 9.77. The average molecular weight is 234 g/mol. The molecule has 1 aromatic carbocycles. The van der Waals surface area contributed by atoms with Crippen LogP contribution in [-0.2, 0) is 4.79 Å². The lowest BCUT2D eigenvalue weighted by molar-refractivity contribution is -0.385. The lowest BCUT2D eigenvalue weighted by Gasteiger charge is -2.01. The van der Waals surface area contributed by atoms with E-state index in [-0.39, 0.29) is 11.6 Å². The van der Waals surface area contributed by atoms with Crippen LogP contribution >= 0.6 is 0 Å². The molecule has 1 aromatic rings. The molecule has 0 spiro atoms. The van der Waals surface area contributed by atoms with E-state index in [4.69, 9.17) is 0 Å². The maximum Gasteiger partial charge on any atom is 0.279 e. The fourth-order valence-electron chi connectivity index (χ4n) is 1.45. The molecule has 0 bridgehead atoms. The first-order valence-electron chi connectivity index (χ1n) is 5.17. The van der Waals surface area contributed by atoms with Crippen molar-refractivity contribution in [2.24, 2.45) is 0 Å².